The van der Waals surface area contributed by atoms with Crippen LogP contribution < -0.4 is 16.4 Å². The fourth-order valence-electron chi connectivity index (χ4n) is 3.57. The van der Waals surface area contributed by atoms with Crippen LogP contribution in [-0.4, -0.2) is 36.9 Å². The largest absolute Gasteiger partial charge is 0.382 e. The molecule has 10 heteroatoms. The van der Waals surface area contributed by atoms with Crippen LogP contribution in [0.3, 0.4) is 0 Å². The second kappa shape index (κ2) is 10.3. The molecule has 0 aliphatic carbocycles. The first-order chi connectivity index (χ1) is 16.6. The predicted octanol–water partition coefficient (Wildman–Crippen LogP) is 2.65. The third kappa shape index (κ3) is 5.05. The first-order valence-corrected chi connectivity index (χ1v) is 10.9. The summed E-state index contributed by atoms with van der Waals surface area (Å²) in [5.41, 5.74) is 8.84. The van der Waals surface area contributed by atoms with Crippen molar-refractivity contribution in [2.45, 2.75) is 26.3 Å². The van der Waals surface area contributed by atoms with Crippen molar-refractivity contribution in [2.24, 2.45) is 0 Å². The average Bonchev–Trinajstić information content (AvgIpc) is 3.43. The summed E-state index contributed by atoms with van der Waals surface area (Å²) in [6.45, 7) is 2.70. The zero-order chi connectivity index (χ0) is 23.9. The lowest BCUT2D eigenvalue weighted by Crippen LogP contribution is -2.35. The first-order valence-electron chi connectivity index (χ1n) is 10.9. The Balaban J connectivity index is 1.27. The molecule has 0 atom stereocenters. The van der Waals surface area contributed by atoms with Gasteiger partial charge in [0.15, 0.2) is 0 Å². The number of nitrogens with zero attached hydrogens (tertiary/aromatic N) is 6. The van der Waals surface area contributed by atoms with Crippen LogP contribution >= 0.6 is 0 Å². The number of benzene rings is 1. The summed E-state index contributed by atoms with van der Waals surface area (Å²) in [5, 5.41) is 19.7. The lowest BCUT2D eigenvalue weighted by molar-refractivity contribution is 0.240. The molecule has 10 nitrogen and oxygen atoms in total. The summed E-state index contributed by atoms with van der Waals surface area (Å²) in [4.78, 5) is 20.8. The SMILES string of the molecule is Cc1nccn1-c1cc(CNC(=O)NCCCc2nn(-c3ccccc3)c(N)c2C#N)ccn1. The predicted molar refractivity (Wildman–Crippen MR) is 127 cm³/mol. The number of aromatic nitrogens is 5. The van der Waals surface area contributed by atoms with Gasteiger partial charge in [-0.3, -0.25) is 4.57 Å². The number of aryl methyl sites for hydroxylation is 2. The molecule has 0 saturated carbocycles. The molecule has 0 saturated heterocycles. The van der Waals surface area contributed by atoms with Gasteiger partial charge >= 0.3 is 6.03 Å². The molecule has 34 heavy (non-hydrogen) atoms. The Bertz CT molecular complexity index is 1320. The summed E-state index contributed by atoms with van der Waals surface area (Å²) in [6.07, 6.45) is 6.40. The van der Waals surface area contributed by atoms with Gasteiger partial charge in [0.2, 0.25) is 0 Å². The van der Waals surface area contributed by atoms with E-state index in [2.05, 4.69) is 31.8 Å². The third-order valence-corrected chi connectivity index (χ3v) is 5.32. The van der Waals surface area contributed by atoms with Crippen LogP contribution in [0.1, 0.15) is 29.1 Å². The molecule has 172 valence electrons. The van der Waals surface area contributed by atoms with Crippen LogP contribution in [0.4, 0.5) is 10.6 Å². The van der Waals surface area contributed by atoms with Crippen molar-refractivity contribution in [1.82, 2.24) is 34.9 Å². The molecule has 1 aromatic carbocycles. The maximum absolute atomic E-state index is 12.2. The summed E-state index contributed by atoms with van der Waals surface area (Å²) in [6, 6.07) is 15.1. The molecule has 0 bridgehead atoms. The van der Waals surface area contributed by atoms with Gasteiger partial charge in [0.25, 0.3) is 0 Å². The normalized spacial score (nSPS) is 10.6. The van der Waals surface area contributed by atoms with Crippen molar-refractivity contribution in [3.8, 4) is 17.6 Å². The van der Waals surface area contributed by atoms with Gasteiger partial charge in [-0.2, -0.15) is 10.4 Å². The minimum absolute atomic E-state index is 0.271. The molecule has 3 aromatic heterocycles. The number of nitriles is 1. The smallest absolute Gasteiger partial charge is 0.315 e. The number of amides is 2. The minimum atomic E-state index is -0.271. The number of para-hydroxylation sites is 1. The molecular weight excluding hydrogens is 430 g/mol. The van der Waals surface area contributed by atoms with Crippen LogP contribution in [0, 0.1) is 18.3 Å². The van der Waals surface area contributed by atoms with Crippen molar-refractivity contribution in [3.63, 3.8) is 0 Å². The number of pyridine rings is 1. The van der Waals surface area contributed by atoms with E-state index >= 15 is 0 Å². The van der Waals surface area contributed by atoms with Gasteiger partial charge in [0, 0.05) is 31.7 Å². The highest BCUT2D eigenvalue weighted by molar-refractivity contribution is 5.73. The van der Waals surface area contributed by atoms with E-state index in [0.717, 1.165) is 22.9 Å². The van der Waals surface area contributed by atoms with Gasteiger partial charge in [0.1, 0.15) is 29.1 Å². The van der Waals surface area contributed by atoms with Gasteiger partial charge in [0.05, 0.1) is 11.4 Å². The summed E-state index contributed by atoms with van der Waals surface area (Å²) in [5.74, 6) is 1.90. The zero-order valence-electron chi connectivity index (χ0n) is 18.8. The van der Waals surface area contributed by atoms with Crippen molar-refractivity contribution < 1.29 is 4.79 Å². The number of hydrogen-bond acceptors (Lipinski definition) is 6. The Labute approximate surface area is 197 Å². The molecule has 4 rings (SSSR count). The number of carbonyl (C=O) groups is 1. The molecule has 0 radical (unpaired) electrons. The number of nitrogen functional groups attached to an aromatic ring is 1. The van der Waals surface area contributed by atoms with Crippen LogP contribution in [0.25, 0.3) is 11.5 Å². The van der Waals surface area contributed by atoms with Gasteiger partial charge in [-0.15, -0.1) is 0 Å². The summed E-state index contributed by atoms with van der Waals surface area (Å²) >= 11 is 0. The molecule has 0 aliphatic heterocycles. The van der Waals surface area contributed by atoms with Gasteiger partial charge in [-0.1, -0.05) is 18.2 Å². The fourth-order valence-corrected chi connectivity index (χ4v) is 3.57. The number of carbonyl (C=O) groups excluding carboxylic acids is 1. The van der Waals surface area contributed by atoms with Crippen LogP contribution in [0.15, 0.2) is 61.1 Å². The molecule has 0 fully saturated rings. The van der Waals surface area contributed by atoms with E-state index in [1.54, 1.807) is 17.1 Å². The highest BCUT2D eigenvalue weighted by atomic mass is 16.2. The monoisotopic (exact) mass is 455 g/mol. The number of hydrogen-bond donors (Lipinski definition) is 3. The number of nitrogens with one attached hydrogen (secondary N) is 2. The average molecular weight is 456 g/mol. The maximum Gasteiger partial charge on any atom is 0.315 e. The van der Waals surface area contributed by atoms with Crippen LogP contribution in [0.5, 0.6) is 0 Å². The Hall–Kier alpha value is -4.65. The van der Waals surface area contributed by atoms with E-state index in [9.17, 15) is 10.1 Å². The number of rotatable bonds is 8. The van der Waals surface area contributed by atoms with Gasteiger partial charge in [-0.25, -0.2) is 19.4 Å². The highest BCUT2D eigenvalue weighted by Gasteiger charge is 2.16. The van der Waals surface area contributed by atoms with E-state index in [0.29, 0.717) is 43.0 Å². The molecular formula is C24H25N9O. The lowest BCUT2D eigenvalue weighted by Gasteiger charge is -2.09. The van der Waals surface area contributed by atoms with E-state index in [1.807, 2.05) is 60.2 Å². The van der Waals surface area contributed by atoms with Crippen molar-refractivity contribution >= 4 is 11.8 Å². The number of urea groups is 1. The fraction of sp³-hybridized carbons (Fsp3) is 0.208. The van der Waals surface area contributed by atoms with Crippen LogP contribution in [0.2, 0.25) is 0 Å². The zero-order valence-corrected chi connectivity index (χ0v) is 18.8. The second-order valence-corrected chi connectivity index (χ2v) is 7.65. The van der Waals surface area contributed by atoms with Crippen molar-refractivity contribution in [2.75, 3.05) is 12.3 Å². The summed E-state index contributed by atoms with van der Waals surface area (Å²) in [7, 11) is 0. The van der Waals surface area contributed by atoms with E-state index in [-0.39, 0.29) is 6.03 Å². The van der Waals surface area contributed by atoms with E-state index < -0.39 is 0 Å². The Morgan fingerprint density at radius 1 is 1.15 bits per heavy atom. The lowest BCUT2D eigenvalue weighted by atomic mass is 10.1. The van der Waals surface area contributed by atoms with E-state index in [1.165, 1.54) is 0 Å². The molecule has 2 amide bonds. The molecule has 0 aliphatic rings. The third-order valence-electron chi connectivity index (χ3n) is 5.32. The Kier molecular flexibility index (Phi) is 6.84. The standard InChI is InChI=1S/C24H25N9O/c1-17-27-12-13-32(17)22-14-18(9-11-28-22)16-30-24(34)29-10-5-8-21-20(15-25)23(26)33(31-21)19-6-3-2-4-7-19/h2-4,6-7,9,11-14H,5,8,10,16,26H2,1H3,(H2,29,30,34). The topological polar surface area (TPSA) is 139 Å². The molecule has 0 unspecified atom stereocenters. The minimum Gasteiger partial charge on any atom is -0.382 e. The number of imidazole rings is 1. The maximum atomic E-state index is 12.2. The first kappa shape index (κ1) is 22.5. The Morgan fingerprint density at radius 3 is 2.71 bits per heavy atom. The molecule has 0 spiro atoms. The van der Waals surface area contributed by atoms with Gasteiger partial charge in [-0.05, 0) is 49.6 Å². The second-order valence-electron chi connectivity index (χ2n) is 7.65. The Morgan fingerprint density at radius 2 is 1.97 bits per heavy atom. The van der Waals surface area contributed by atoms with Crippen molar-refractivity contribution in [3.05, 3.63) is 83.7 Å². The van der Waals surface area contributed by atoms with Gasteiger partial charge < -0.3 is 16.4 Å². The molecule has 4 N–H and O–H groups in total. The van der Waals surface area contributed by atoms with Crippen LogP contribution in [-0.2, 0) is 13.0 Å². The highest BCUT2D eigenvalue weighted by Crippen LogP contribution is 2.21. The summed E-state index contributed by atoms with van der Waals surface area (Å²) < 4.78 is 3.45. The molecule has 3 heterocycles. The van der Waals surface area contributed by atoms with Crippen molar-refractivity contribution in [1.29, 1.82) is 5.26 Å². The van der Waals surface area contributed by atoms with E-state index in [4.69, 9.17) is 5.73 Å². The quantitative estimate of drug-likeness (QED) is 0.349. The number of anilines is 1. The molecule has 4 aromatic rings. The number of nitrogens with two attached hydrogens (primary N) is 1.